The lowest BCUT2D eigenvalue weighted by Crippen LogP contribution is -2.44. The van der Waals surface area contributed by atoms with E-state index in [2.05, 4.69) is 16.9 Å². The molecule has 1 aliphatic heterocycles. The molecular weight excluding hydrogens is 222 g/mol. The van der Waals surface area contributed by atoms with Crippen molar-refractivity contribution in [2.24, 2.45) is 0 Å². The lowest BCUT2D eigenvalue weighted by atomic mass is 10.0. The van der Waals surface area contributed by atoms with Crippen molar-refractivity contribution in [2.45, 2.75) is 18.9 Å². The Hall–Kier alpha value is -0.940. The molecule has 4 nitrogen and oxygen atoms in total. The second-order valence-electron chi connectivity index (χ2n) is 4.32. The first-order valence-corrected chi connectivity index (χ1v) is 6.46. The molecule has 0 saturated carbocycles. The molecule has 0 radical (unpaired) electrons. The minimum atomic E-state index is 0.0517. The summed E-state index contributed by atoms with van der Waals surface area (Å²) in [4.78, 5) is 20.3. The molecule has 5 heteroatoms. The summed E-state index contributed by atoms with van der Waals surface area (Å²) in [6, 6.07) is 0.366. The van der Waals surface area contributed by atoms with E-state index in [1.54, 1.807) is 5.51 Å². The van der Waals surface area contributed by atoms with Crippen LogP contribution in [0.25, 0.3) is 0 Å². The van der Waals surface area contributed by atoms with Crippen LogP contribution in [0.3, 0.4) is 0 Å². The topological polar surface area (TPSA) is 36.4 Å². The third-order valence-electron chi connectivity index (χ3n) is 3.21. The van der Waals surface area contributed by atoms with Crippen LogP contribution < -0.4 is 0 Å². The van der Waals surface area contributed by atoms with E-state index < -0.39 is 0 Å². The Morgan fingerprint density at radius 1 is 1.56 bits per heavy atom. The molecule has 0 atom stereocenters. The monoisotopic (exact) mass is 239 g/mol. The van der Waals surface area contributed by atoms with Gasteiger partial charge in [0, 0.05) is 18.5 Å². The van der Waals surface area contributed by atoms with Crippen LogP contribution in [0, 0.1) is 0 Å². The standard InChI is InChI=1S/C11H17N3OS/c1-13-5-3-9(4-6-13)14(2)11(15)10-7-16-8-12-10/h7-9H,3-6H2,1-2H3. The maximum absolute atomic E-state index is 12.0. The fraction of sp³-hybridized carbons (Fsp3) is 0.636. The third-order valence-corrected chi connectivity index (χ3v) is 3.79. The molecule has 1 saturated heterocycles. The number of nitrogens with zero attached hydrogens (tertiary/aromatic N) is 3. The van der Waals surface area contributed by atoms with Crippen molar-refractivity contribution in [3.05, 3.63) is 16.6 Å². The molecule has 0 bridgehead atoms. The molecule has 1 aromatic heterocycles. The van der Waals surface area contributed by atoms with Crippen LogP contribution in [0.15, 0.2) is 10.9 Å². The fourth-order valence-corrected chi connectivity index (χ4v) is 2.57. The first-order valence-electron chi connectivity index (χ1n) is 5.52. The molecule has 1 aliphatic rings. The number of likely N-dealkylation sites (tertiary alicyclic amines) is 1. The molecule has 0 aromatic carbocycles. The third kappa shape index (κ3) is 2.41. The van der Waals surface area contributed by atoms with Gasteiger partial charge in [0.05, 0.1) is 5.51 Å². The van der Waals surface area contributed by atoms with Gasteiger partial charge in [-0.3, -0.25) is 4.79 Å². The molecule has 88 valence electrons. The lowest BCUT2D eigenvalue weighted by molar-refractivity contribution is 0.0654. The molecule has 0 unspecified atom stereocenters. The quantitative estimate of drug-likeness (QED) is 0.781. The van der Waals surface area contributed by atoms with Crippen molar-refractivity contribution < 1.29 is 4.79 Å². The number of rotatable bonds is 2. The average Bonchev–Trinajstić information content (AvgIpc) is 2.81. The molecular formula is C11H17N3OS. The summed E-state index contributed by atoms with van der Waals surface area (Å²) in [7, 11) is 4.01. The van der Waals surface area contributed by atoms with Gasteiger partial charge < -0.3 is 9.80 Å². The molecule has 0 spiro atoms. The Morgan fingerprint density at radius 3 is 2.81 bits per heavy atom. The molecule has 1 fully saturated rings. The number of aromatic nitrogens is 1. The maximum atomic E-state index is 12.0. The molecule has 0 N–H and O–H groups in total. The Balaban J connectivity index is 1.97. The number of carbonyl (C=O) groups excluding carboxylic acids is 1. The number of hydrogen-bond donors (Lipinski definition) is 0. The van der Waals surface area contributed by atoms with Gasteiger partial charge in [0.1, 0.15) is 5.69 Å². The van der Waals surface area contributed by atoms with Gasteiger partial charge in [0.25, 0.3) is 5.91 Å². The smallest absolute Gasteiger partial charge is 0.273 e. The van der Waals surface area contributed by atoms with E-state index in [0.717, 1.165) is 25.9 Å². The van der Waals surface area contributed by atoms with E-state index in [0.29, 0.717) is 11.7 Å². The van der Waals surface area contributed by atoms with E-state index in [1.165, 1.54) is 11.3 Å². The summed E-state index contributed by atoms with van der Waals surface area (Å²) in [5.41, 5.74) is 2.28. The predicted octanol–water partition coefficient (Wildman–Crippen LogP) is 1.31. The van der Waals surface area contributed by atoms with Gasteiger partial charge in [0.2, 0.25) is 0 Å². The number of thiazole rings is 1. The zero-order chi connectivity index (χ0) is 11.5. The minimum Gasteiger partial charge on any atom is -0.337 e. The van der Waals surface area contributed by atoms with E-state index in [-0.39, 0.29) is 5.91 Å². The maximum Gasteiger partial charge on any atom is 0.273 e. The van der Waals surface area contributed by atoms with Crippen molar-refractivity contribution in [3.63, 3.8) is 0 Å². The molecule has 2 rings (SSSR count). The summed E-state index contributed by atoms with van der Waals surface area (Å²) >= 11 is 1.47. The highest BCUT2D eigenvalue weighted by atomic mass is 32.1. The predicted molar refractivity (Wildman–Crippen MR) is 64.7 cm³/mol. The Labute approximate surface area is 99.9 Å². The highest BCUT2D eigenvalue weighted by Crippen LogP contribution is 2.16. The zero-order valence-electron chi connectivity index (χ0n) is 9.72. The van der Waals surface area contributed by atoms with Gasteiger partial charge >= 0.3 is 0 Å². The Morgan fingerprint density at radius 2 is 2.25 bits per heavy atom. The normalized spacial score (nSPS) is 18.6. The number of carbonyl (C=O) groups is 1. The van der Waals surface area contributed by atoms with Gasteiger partial charge in [-0.05, 0) is 33.0 Å². The Bertz CT molecular complexity index is 344. The molecule has 1 amide bonds. The van der Waals surface area contributed by atoms with E-state index in [9.17, 15) is 4.79 Å². The van der Waals surface area contributed by atoms with Crippen LogP contribution in [-0.4, -0.2) is 53.9 Å². The summed E-state index contributed by atoms with van der Waals surface area (Å²) in [5, 5.41) is 1.81. The largest absolute Gasteiger partial charge is 0.337 e. The lowest BCUT2D eigenvalue weighted by Gasteiger charge is -2.34. The van der Waals surface area contributed by atoms with E-state index in [1.807, 2.05) is 17.3 Å². The van der Waals surface area contributed by atoms with E-state index in [4.69, 9.17) is 0 Å². The van der Waals surface area contributed by atoms with Crippen molar-refractivity contribution >= 4 is 17.2 Å². The average molecular weight is 239 g/mol. The number of piperidine rings is 1. The highest BCUT2D eigenvalue weighted by Gasteiger charge is 2.25. The SMILES string of the molecule is CN1CCC(N(C)C(=O)c2cscn2)CC1. The number of amides is 1. The van der Waals surface area contributed by atoms with Gasteiger partial charge in [-0.15, -0.1) is 11.3 Å². The molecule has 1 aromatic rings. The van der Waals surface area contributed by atoms with Gasteiger partial charge in [0.15, 0.2) is 0 Å². The van der Waals surface area contributed by atoms with Gasteiger partial charge in [-0.25, -0.2) is 4.98 Å². The second-order valence-corrected chi connectivity index (χ2v) is 5.04. The van der Waals surface area contributed by atoms with Crippen molar-refractivity contribution in [1.82, 2.24) is 14.8 Å². The van der Waals surface area contributed by atoms with Gasteiger partial charge in [-0.2, -0.15) is 0 Å². The van der Waals surface area contributed by atoms with Crippen LogP contribution in [0.1, 0.15) is 23.3 Å². The van der Waals surface area contributed by atoms with Gasteiger partial charge in [-0.1, -0.05) is 0 Å². The van der Waals surface area contributed by atoms with E-state index >= 15 is 0 Å². The first kappa shape index (κ1) is 11.5. The van der Waals surface area contributed by atoms with Crippen LogP contribution in [0.2, 0.25) is 0 Å². The molecule has 2 heterocycles. The molecule has 16 heavy (non-hydrogen) atoms. The van der Waals surface area contributed by atoms with Crippen LogP contribution in [0.4, 0.5) is 0 Å². The van der Waals surface area contributed by atoms with Crippen LogP contribution in [0.5, 0.6) is 0 Å². The fourth-order valence-electron chi connectivity index (χ4n) is 2.05. The van der Waals surface area contributed by atoms with Crippen molar-refractivity contribution in [3.8, 4) is 0 Å². The second kappa shape index (κ2) is 4.93. The first-order chi connectivity index (χ1) is 7.68. The zero-order valence-corrected chi connectivity index (χ0v) is 10.5. The summed E-state index contributed by atoms with van der Waals surface area (Å²) in [6.45, 7) is 2.14. The van der Waals surface area contributed by atoms with Crippen LogP contribution in [-0.2, 0) is 0 Å². The summed E-state index contributed by atoms with van der Waals surface area (Å²) in [5.74, 6) is 0.0517. The summed E-state index contributed by atoms with van der Waals surface area (Å²) in [6.07, 6.45) is 2.12. The Kier molecular flexibility index (Phi) is 3.56. The number of hydrogen-bond acceptors (Lipinski definition) is 4. The highest BCUT2D eigenvalue weighted by molar-refractivity contribution is 7.07. The van der Waals surface area contributed by atoms with Crippen LogP contribution >= 0.6 is 11.3 Å². The van der Waals surface area contributed by atoms with Crippen molar-refractivity contribution in [1.29, 1.82) is 0 Å². The molecule has 0 aliphatic carbocycles. The summed E-state index contributed by atoms with van der Waals surface area (Å²) < 4.78 is 0. The van der Waals surface area contributed by atoms with Crippen molar-refractivity contribution in [2.75, 3.05) is 27.2 Å². The minimum absolute atomic E-state index is 0.0517.